The minimum atomic E-state index is -0.480. The van der Waals surface area contributed by atoms with Gasteiger partial charge in [-0.25, -0.2) is 0 Å². The summed E-state index contributed by atoms with van der Waals surface area (Å²) >= 11 is 0. The van der Waals surface area contributed by atoms with E-state index in [9.17, 15) is 14.4 Å². The van der Waals surface area contributed by atoms with E-state index in [0.717, 1.165) is 12.8 Å². The Labute approximate surface area is 209 Å². The average molecular weight is 494 g/mol. The third-order valence-electron chi connectivity index (χ3n) is 4.88. The highest BCUT2D eigenvalue weighted by atomic mass is 16.6. The Morgan fingerprint density at radius 2 is 1.60 bits per heavy atom. The second kappa shape index (κ2) is 17.9. The lowest BCUT2D eigenvalue weighted by molar-refractivity contribution is -0.155. The van der Waals surface area contributed by atoms with Crippen molar-refractivity contribution in [1.82, 2.24) is 10.6 Å². The molecule has 4 N–H and O–H groups in total. The van der Waals surface area contributed by atoms with Crippen molar-refractivity contribution >= 4 is 17.8 Å². The topological polar surface area (TPSA) is 129 Å². The van der Waals surface area contributed by atoms with E-state index in [2.05, 4.69) is 22.8 Å². The molecule has 0 aliphatic heterocycles. The van der Waals surface area contributed by atoms with Crippen LogP contribution in [0.15, 0.2) is 30.3 Å². The van der Waals surface area contributed by atoms with E-state index in [-0.39, 0.29) is 18.3 Å². The molecule has 1 aromatic rings. The maximum absolute atomic E-state index is 12.5. The van der Waals surface area contributed by atoms with Crippen molar-refractivity contribution in [3.05, 3.63) is 35.9 Å². The van der Waals surface area contributed by atoms with Crippen LogP contribution in [-0.4, -0.2) is 68.9 Å². The molecule has 1 aromatic carbocycles. The summed E-state index contributed by atoms with van der Waals surface area (Å²) in [5.74, 6) is -0.829. The minimum Gasteiger partial charge on any atom is -0.460 e. The minimum absolute atomic E-state index is 0.144. The molecule has 1 unspecified atom stereocenters. The van der Waals surface area contributed by atoms with Gasteiger partial charge in [0.25, 0.3) is 0 Å². The predicted molar refractivity (Wildman–Crippen MR) is 135 cm³/mol. The molecule has 0 aliphatic carbocycles. The van der Waals surface area contributed by atoms with E-state index >= 15 is 0 Å². The van der Waals surface area contributed by atoms with Crippen molar-refractivity contribution in [3.8, 4) is 0 Å². The van der Waals surface area contributed by atoms with Gasteiger partial charge in [-0.3, -0.25) is 14.4 Å². The summed E-state index contributed by atoms with van der Waals surface area (Å²) in [5, 5.41) is 6.07. The van der Waals surface area contributed by atoms with Crippen molar-refractivity contribution in [3.63, 3.8) is 0 Å². The van der Waals surface area contributed by atoms with Crippen LogP contribution >= 0.6 is 0 Å². The maximum atomic E-state index is 12.5. The molecule has 0 saturated heterocycles. The number of benzene rings is 1. The predicted octanol–water partition coefficient (Wildman–Crippen LogP) is 2.11. The van der Waals surface area contributed by atoms with Crippen molar-refractivity contribution in [2.24, 2.45) is 5.73 Å². The van der Waals surface area contributed by atoms with E-state index in [4.69, 9.17) is 19.9 Å². The zero-order valence-corrected chi connectivity index (χ0v) is 21.5. The Kier molecular flexibility index (Phi) is 15.6. The van der Waals surface area contributed by atoms with Crippen LogP contribution in [-0.2, 0) is 35.0 Å². The summed E-state index contributed by atoms with van der Waals surface area (Å²) in [6, 6.07) is 9.67. The van der Waals surface area contributed by atoms with Gasteiger partial charge in [0.05, 0.1) is 25.9 Å². The lowest BCUT2D eigenvalue weighted by Gasteiger charge is -2.19. The molecule has 0 aromatic heterocycles. The van der Waals surface area contributed by atoms with Gasteiger partial charge in [0.15, 0.2) is 0 Å². The van der Waals surface area contributed by atoms with Crippen LogP contribution in [0.2, 0.25) is 0 Å². The Bertz CT molecular complexity index is 736. The quantitative estimate of drug-likeness (QED) is 0.199. The van der Waals surface area contributed by atoms with Gasteiger partial charge in [-0.2, -0.15) is 0 Å². The Morgan fingerprint density at radius 3 is 2.26 bits per heavy atom. The Morgan fingerprint density at radius 1 is 0.914 bits per heavy atom. The van der Waals surface area contributed by atoms with Gasteiger partial charge < -0.3 is 30.6 Å². The van der Waals surface area contributed by atoms with Crippen LogP contribution in [0.5, 0.6) is 0 Å². The van der Waals surface area contributed by atoms with E-state index in [1.54, 1.807) is 0 Å². The van der Waals surface area contributed by atoms with Gasteiger partial charge in [-0.05, 0) is 58.6 Å². The molecule has 35 heavy (non-hydrogen) atoms. The number of esters is 1. The number of primary amides is 1. The summed E-state index contributed by atoms with van der Waals surface area (Å²) in [6.07, 6.45) is 3.20. The van der Waals surface area contributed by atoms with Gasteiger partial charge in [-0.1, -0.05) is 30.3 Å². The molecule has 198 valence electrons. The fourth-order valence-corrected chi connectivity index (χ4v) is 3.23. The molecule has 9 heteroatoms. The van der Waals surface area contributed by atoms with Crippen molar-refractivity contribution in [2.75, 3.05) is 39.5 Å². The van der Waals surface area contributed by atoms with E-state index in [1.165, 1.54) is 5.56 Å². The molecular formula is C26H43N3O6. The lowest BCUT2D eigenvalue weighted by Crippen LogP contribution is -2.46. The summed E-state index contributed by atoms with van der Waals surface area (Å²) in [6.45, 7) is 8.15. The number of rotatable bonds is 19. The molecular weight excluding hydrogens is 450 g/mol. The summed E-state index contributed by atoms with van der Waals surface area (Å²) in [5.41, 5.74) is 6.03. The highest BCUT2D eigenvalue weighted by Crippen LogP contribution is 2.09. The van der Waals surface area contributed by atoms with Crippen molar-refractivity contribution < 1.29 is 28.6 Å². The number of ether oxygens (including phenoxy) is 3. The molecule has 0 fully saturated rings. The largest absolute Gasteiger partial charge is 0.460 e. The molecule has 1 rings (SSSR count). The molecule has 0 saturated carbocycles. The molecule has 0 aliphatic rings. The van der Waals surface area contributed by atoms with Crippen LogP contribution in [0.1, 0.15) is 58.4 Å². The Hall–Kier alpha value is -2.49. The third-order valence-corrected chi connectivity index (χ3v) is 4.88. The summed E-state index contributed by atoms with van der Waals surface area (Å²) < 4.78 is 16.2. The summed E-state index contributed by atoms with van der Waals surface area (Å²) in [4.78, 5) is 35.3. The van der Waals surface area contributed by atoms with Gasteiger partial charge in [0.2, 0.25) is 11.8 Å². The van der Waals surface area contributed by atoms with Gasteiger partial charge in [0.1, 0.15) is 5.60 Å². The van der Waals surface area contributed by atoms with E-state index in [0.29, 0.717) is 58.8 Å². The molecule has 9 nitrogen and oxygen atoms in total. The molecule has 0 radical (unpaired) electrons. The number of amides is 2. The first kappa shape index (κ1) is 30.5. The van der Waals surface area contributed by atoms with E-state index < -0.39 is 17.6 Å². The third kappa shape index (κ3) is 17.6. The normalized spacial score (nSPS) is 12.2. The molecule has 0 heterocycles. The second-order valence-corrected chi connectivity index (χ2v) is 9.31. The average Bonchev–Trinajstić information content (AvgIpc) is 2.79. The van der Waals surface area contributed by atoms with E-state index in [1.807, 2.05) is 39.0 Å². The monoisotopic (exact) mass is 493 g/mol. The van der Waals surface area contributed by atoms with Crippen LogP contribution in [0.4, 0.5) is 0 Å². The molecule has 1 atom stereocenters. The molecule has 0 spiro atoms. The van der Waals surface area contributed by atoms with Crippen LogP contribution in [0, 0.1) is 0 Å². The zero-order valence-electron chi connectivity index (χ0n) is 21.5. The number of nitrogens with two attached hydrogens (primary N) is 1. The first-order valence-electron chi connectivity index (χ1n) is 12.4. The van der Waals surface area contributed by atoms with Crippen molar-refractivity contribution in [2.45, 2.75) is 70.9 Å². The highest BCUT2D eigenvalue weighted by molar-refractivity contribution is 5.82. The molecule has 2 amide bonds. The smallest absolute Gasteiger partial charge is 0.306 e. The van der Waals surface area contributed by atoms with Gasteiger partial charge in [0, 0.05) is 26.0 Å². The highest BCUT2D eigenvalue weighted by Gasteiger charge is 2.18. The van der Waals surface area contributed by atoms with Crippen LogP contribution in [0.25, 0.3) is 0 Å². The SMILES string of the molecule is CC(C)(C)OC(=O)CCCOCCOCCNC(=O)C(CCC(N)=O)NCCCc1ccccc1. The number of carbonyl (C=O) groups is 3. The zero-order chi connectivity index (χ0) is 25.9. The summed E-state index contributed by atoms with van der Waals surface area (Å²) in [7, 11) is 0. The number of nitrogens with one attached hydrogen (secondary N) is 2. The van der Waals surface area contributed by atoms with Gasteiger partial charge >= 0.3 is 5.97 Å². The standard InChI is InChI=1S/C26H43N3O6/c1-26(2,3)35-24(31)12-8-17-33-19-20-34-18-16-29-25(32)22(13-14-23(27)30)28-15-7-11-21-9-5-4-6-10-21/h4-6,9-10,22,28H,7-8,11-20H2,1-3H3,(H2,27,30)(H,29,32). The number of carbonyl (C=O) groups excluding carboxylic acids is 3. The second-order valence-electron chi connectivity index (χ2n) is 9.31. The van der Waals surface area contributed by atoms with Gasteiger partial charge in [-0.15, -0.1) is 0 Å². The fraction of sp³-hybridized carbons (Fsp3) is 0.654. The van der Waals surface area contributed by atoms with Crippen molar-refractivity contribution in [1.29, 1.82) is 0 Å². The fourth-order valence-electron chi connectivity index (χ4n) is 3.23. The lowest BCUT2D eigenvalue weighted by atomic mass is 10.1. The van der Waals surface area contributed by atoms with Crippen LogP contribution in [0.3, 0.4) is 0 Å². The molecule has 0 bridgehead atoms. The number of aryl methyl sites for hydroxylation is 1. The maximum Gasteiger partial charge on any atom is 0.306 e. The number of hydrogen-bond donors (Lipinski definition) is 3. The Balaban J connectivity index is 2.13. The van der Waals surface area contributed by atoms with Crippen LogP contribution < -0.4 is 16.4 Å². The number of hydrogen-bond acceptors (Lipinski definition) is 7. The first-order chi connectivity index (χ1) is 16.7. The first-order valence-corrected chi connectivity index (χ1v) is 12.4.